The van der Waals surface area contributed by atoms with E-state index in [0.29, 0.717) is 32.6 Å². The van der Waals surface area contributed by atoms with E-state index in [1.165, 1.54) is 0 Å². The summed E-state index contributed by atoms with van der Waals surface area (Å²) in [7, 11) is 3.38. The maximum absolute atomic E-state index is 13.0. The topological polar surface area (TPSA) is 116 Å². The van der Waals surface area contributed by atoms with Gasteiger partial charge in [0, 0.05) is 33.6 Å². The molecule has 4 atom stereocenters. The van der Waals surface area contributed by atoms with Crippen LogP contribution in [0.1, 0.15) is 90.0 Å². The average Bonchev–Trinajstić information content (AvgIpc) is 3.88. The van der Waals surface area contributed by atoms with Crippen molar-refractivity contribution < 1.29 is 19.1 Å². The molecule has 3 heterocycles. The van der Waals surface area contributed by atoms with Crippen LogP contribution in [0.3, 0.4) is 0 Å². The number of hydrogen-bond acceptors (Lipinski definition) is 6. The lowest BCUT2D eigenvalue weighted by Gasteiger charge is -2.30. The second-order valence-corrected chi connectivity index (χ2v) is 13.3. The zero-order chi connectivity index (χ0) is 34.9. The molecule has 1 fully saturated rings. The van der Waals surface area contributed by atoms with Crippen molar-refractivity contribution in [1.29, 1.82) is 0 Å². The molecule has 0 spiro atoms. The summed E-state index contributed by atoms with van der Waals surface area (Å²) in [5.74, 6) is 2.12. The fourth-order valence-corrected chi connectivity index (χ4v) is 6.91. The highest BCUT2D eigenvalue weighted by molar-refractivity contribution is 5.78. The van der Waals surface area contributed by atoms with Crippen LogP contribution in [0.2, 0.25) is 0 Å². The molecule has 2 N–H and O–H groups in total. The number of nitrogens with one attached hydrogen (secondary N) is 2. The number of ether oxygens (including phenoxy) is 2. The van der Waals surface area contributed by atoms with Crippen LogP contribution in [0, 0.1) is 5.92 Å². The number of hydrogen-bond donors (Lipinski definition) is 2. The highest BCUT2D eigenvalue weighted by atomic mass is 16.5. The maximum Gasteiger partial charge on any atom is 0.223 e. The molecule has 5 rings (SSSR count). The first kappa shape index (κ1) is 36.0. The predicted octanol–water partition coefficient (Wildman–Crippen LogP) is 7.58. The van der Waals surface area contributed by atoms with Crippen molar-refractivity contribution in [3.63, 3.8) is 0 Å². The van der Waals surface area contributed by atoms with Gasteiger partial charge in [0.05, 0.1) is 55.1 Å². The predicted molar refractivity (Wildman–Crippen MR) is 193 cm³/mol. The fraction of sp³-hybridized carbons (Fsp3) is 0.487. The molecule has 1 aliphatic rings. The third-order valence-electron chi connectivity index (χ3n) is 9.45. The Labute approximate surface area is 290 Å². The van der Waals surface area contributed by atoms with Crippen LogP contribution in [0.15, 0.2) is 60.9 Å². The molecular weight excluding hydrogens is 616 g/mol. The van der Waals surface area contributed by atoms with Gasteiger partial charge in [-0.3, -0.25) is 9.59 Å². The van der Waals surface area contributed by atoms with E-state index in [1.54, 1.807) is 14.2 Å². The van der Waals surface area contributed by atoms with Gasteiger partial charge in [-0.05, 0) is 60.8 Å². The molecule has 0 radical (unpaired) electrons. The zero-order valence-electron chi connectivity index (χ0n) is 29.9. The number of imidazole rings is 2. The van der Waals surface area contributed by atoms with Gasteiger partial charge >= 0.3 is 0 Å². The quantitative estimate of drug-likeness (QED) is 0.127. The molecule has 2 amide bonds. The normalized spacial score (nSPS) is 17.3. The average molecular weight is 669 g/mol. The van der Waals surface area contributed by atoms with Crippen LogP contribution < -0.4 is 0 Å². The Morgan fingerprint density at radius 3 is 2.02 bits per heavy atom. The van der Waals surface area contributed by atoms with Crippen molar-refractivity contribution >= 4 is 11.8 Å². The molecule has 0 saturated carbocycles. The summed E-state index contributed by atoms with van der Waals surface area (Å²) in [5.41, 5.74) is 6.14. The molecule has 262 valence electrons. The lowest BCUT2D eigenvalue weighted by atomic mass is 10.0. The molecule has 2 aromatic heterocycles. The van der Waals surface area contributed by atoms with Gasteiger partial charge in [0.15, 0.2) is 0 Å². The SMILES string of the molecule is CCCC(=O)N(CC(C)COC)C(C)c1ncc(-c2ccc(-c3ccc(-c4cnc(C5CCC(COC)N5C(=O)CCC)[nH]4)cc3)cc2)[nH]1. The molecule has 1 aliphatic heterocycles. The minimum atomic E-state index is -0.177. The minimum Gasteiger partial charge on any atom is -0.384 e. The van der Waals surface area contributed by atoms with E-state index >= 15 is 0 Å². The number of methoxy groups -OCH3 is 2. The highest BCUT2D eigenvalue weighted by Crippen LogP contribution is 2.37. The number of carbonyl (C=O) groups is 2. The summed E-state index contributed by atoms with van der Waals surface area (Å²) in [6.45, 7) is 9.95. The van der Waals surface area contributed by atoms with Crippen LogP contribution >= 0.6 is 0 Å². The summed E-state index contributed by atoms with van der Waals surface area (Å²) in [6, 6.07) is 16.7. The molecule has 10 nitrogen and oxygen atoms in total. The van der Waals surface area contributed by atoms with E-state index in [-0.39, 0.29) is 35.9 Å². The molecule has 49 heavy (non-hydrogen) atoms. The number of aromatic amines is 2. The summed E-state index contributed by atoms with van der Waals surface area (Å²) in [6.07, 6.45) is 8.16. The summed E-state index contributed by atoms with van der Waals surface area (Å²) in [4.78, 5) is 46.3. The van der Waals surface area contributed by atoms with E-state index in [9.17, 15) is 9.59 Å². The van der Waals surface area contributed by atoms with E-state index in [2.05, 4.69) is 70.4 Å². The van der Waals surface area contributed by atoms with Crippen molar-refractivity contribution in [2.75, 3.05) is 34.0 Å². The molecule has 4 aromatic rings. The standard InChI is InChI=1S/C39H52N6O4/c1-7-9-36(46)44(23-26(3)24-48-5)27(4)38-40-21-33(42-38)30-15-11-28(12-16-30)29-13-17-31(18-14-29)34-22-41-39(43-34)35-20-19-32(25-49-6)45(35)37(47)10-8-2/h11-18,21-22,26-27,32,35H,7-10,19-20,23-25H2,1-6H3,(H,40,42)(H,41,43). The number of benzene rings is 2. The van der Waals surface area contributed by atoms with Gasteiger partial charge in [-0.2, -0.15) is 0 Å². The Balaban J connectivity index is 1.26. The highest BCUT2D eigenvalue weighted by Gasteiger charge is 2.38. The van der Waals surface area contributed by atoms with Crippen molar-refractivity contribution in [3.8, 4) is 33.6 Å². The molecule has 4 unspecified atom stereocenters. The van der Waals surface area contributed by atoms with Gasteiger partial charge in [0.1, 0.15) is 11.6 Å². The Bertz CT molecular complexity index is 1650. The minimum absolute atomic E-state index is 0.0630. The fourth-order valence-electron chi connectivity index (χ4n) is 6.91. The first-order valence-electron chi connectivity index (χ1n) is 17.7. The number of amides is 2. The van der Waals surface area contributed by atoms with Crippen LogP contribution in [0.25, 0.3) is 33.6 Å². The van der Waals surface area contributed by atoms with Crippen molar-refractivity contribution in [2.45, 2.75) is 84.3 Å². The number of rotatable bonds is 16. The molecule has 0 bridgehead atoms. The third kappa shape index (κ3) is 8.48. The molecule has 1 saturated heterocycles. The smallest absolute Gasteiger partial charge is 0.223 e. The Kier molecular flexibility index (Phi) is 12.4. The van der Waals surface area contributed by atoms with Crippen LogP contribution in [-0.2, 0) is 19.1 Å². The van der Waals surface area contributed by atoms with Crippen LogP contribution in [0.5, 0.6) is 0 Å². The Morgan fingerprint density at radius 2 is 1.43 bits per heavy atom. The molecule has 0 aliphatic carbocycles. The second kappa shape index (κ2) is 16.9. The van der Waals surface area contributed by atoms with Gasteiger partial charge in [-0.25, -0.2) is 9.97 Å². The monoisotopic (exact) mass is 668 g/mol. The number of carbonyl (C=O) groups excluding carboxylic acids is 2. The van der Waals surface area contributed by atoms with Gasteiger partial charge in [0.2, 0.25) is 11.8 Å². The van der Waals surface area contributed by atoms with Gasteiger partial charge in [-0.1, -0.05) is 69.3 Å². The number of likely N-dealkylation sites (tertiary alicyclic amines) is 1. The lowest BCUT2D eigenvalue weighted by Crippen LogP contribution is -2.39. The van der Waals surface area contributed by atoms with Crippen LogP contribution in [-0.4, -0.2) is 81.6 Å². The first-order valence-corrected chi connectivity index (χ1v) is 17.7. The largest absolute Gasteiger partial charge is 0.384 e. The number of nitrogens with zero attached hydrogens (tertiary/aromatic N) is 4. The number of H-pyrrole nitrogens is 2. The number of aromatic nitrogens is 4. The van der Waals surface area contributed by atoms with Crippen molar-refractivity contribution in [1.82, 2.24) is 29.7 Å². The first-order chi connectivity index (χ1) is 23.8. The lowest BCUT2D eigenvalue weighted by molar-refractivity contribution is -0.136. The second-order valence-electron chi connectivity index (χ2n) is 13.3. The van der Waals surface area contributed by atoms with Gasteiger partial charge in [0.25, 0.3) is 0 Å². The van der Waals surface area contributed by atoms with Gasteiger partial charge < -0.3 is 29.2 Å². The third-order valence-corrected chi connectivity index (χ3v) is 9.45. The molecule has 2 aromatic carbocycles. The Hall–Kier alpha value is -4.28. The molecular formula is C39H52N6O4. The van der Waals surface area contributed by atoms with E-state index < -0.39 is 0 Å². The van der Waals surface area contributed by atoms with E-state index in [0.717, 1.165) is 71.0 Å². The van der Waals surface area contributed by atoms with Gasteiger partial charge in [-0.15, -0.1) is 0 Å². The summed E-state index contributed by atoms with van der Waals surface area (Å²) >= 11 is 0. The molecule has 10 heteroatoms. The summed E-state index contributed by atoms with van der Waals surface area (Å²) in [5, 5.41) is 0. The van der Waals surface area contributed by atoms with E-state index in [1.807, 2.05) is 43.0 Å². The maximum atomic E-state index is 13.0. The van der Waals surface area contributed by atoms with E-state index in [4.69, 9.17) is 14.5 Å². The van der Waals surface area contributed by atoms with Crippen molar-refractivity contribution in [3.05, 3.63) is 72.6 Å². The van der Waals surface area contributed by atoms with Crippen molar-refractivity contribution in [2.24, 2.45) is 5.92 Å². The zero-order valence-corrected chi connectivity index (χ0v) is 29.9. The summed E-state index contributed by atoms with van der Waals surface area (Å²) < 4.78 is 10.7. The Morgan fingerprint density at radius 1 is 0.837 bits per heavy atom. The van der Waals surface area contributed by atoms with Crippen LogP contribution in [0.4, 0.5) is 0 Å².